The van der Waals surface area contributed by atoms with Crippen molar-refractivity contribution in [1.29, 1.82) is 0 Å². The molecule has 0 aliphatic carbocycles. The number of ether oxygens (including phenoxy) is 2. The number of sulfonamides is 1. The van der Waals surface area contributed by atoms with Gasteiger partial charge in [-0.05, 0) is 54.8 Å². The van der Waals surface area contributed by atoms with Crippen LogP contribution < -0.4 is 9.46 Å². The highest BCUT2D eigenvalue weighted by Gasteiger charge is 2.32. The van der Waals surface area contributed by atoms with Crippen molar-refractivity contribution in [1.82, 2.24) is 9.71 Å². The van der Waals surface area contributed by atoms with Crippen molar-refractivity contribution >= 4 is 10.0 Å². The number of nitrogens with zero attached hydrogens (tertiary/aromatic N) is 1. The fraction of sp³-hybridized carbons (Fsp3) is 0.389. The zero-order chi connectivity index (χ0) is 17.9. The van der Waals surface area contributed by atoms with Gasteiger partial charge in [0.25, 0.3) is 0 Å². The van der Waals surface area contributed by atoms with Crippen LogP contribution in [0.1, 0.15) is 11.1 Å². The summed E-state index contributed by atoms with van der Waals surface area (Å²) >= 11 is 0. The third-order valence-corrected chi connectivity index (χ3v) is 5.92. The van der Waals surface area contributed by atoms with Gasteiger partial charge in [-0.3, -0.25) is 4.98 Å². The summed E-state index contributed by atoms with van der Waals surface area (Å²) in [5.41, 5.74) is 1.90. The average Bonchev–Trinajstić information content (AvgIpc) is 3.02. The molecule has 134 valence electrons. The van der Waals surface area contributed by atoms with Gasteiger partial charge in [0.1, 0.15) is 5.75 Å². The van der Waals surface area contributed by atoms with Crippen LogP contribution in [0.25, 0.3) is 0 Å². The first-order chi connectivity index (χ1) is 12.0. The summed E-state index contributed by atoms with van der Waals surface area (Å²) < 4.78 is 38.9. The molecular formula is C18H22N2O4S. The topological polar surface area (TPSA) is 77.5 Å². The largest absolute Gasteiger partial charge is 0.496 e. The van der Waals surface area contributed by atoms with Crippen molar-refractivity contribution in [3.05, 3.63) is 53.9 Å². The van der Waals surface area contributed by atoms with Crippen molar-refractivity contribution in [2.75, 3.05) is 20.3 Å². The highest BCUT2D eigenvalue weighted by Crippen LogP contribution is 2.24. The lowest BCUT2D eigenvalue weighted by Crippen LogP contribution is -2.40. The van der Waals surface area contributed by atoms with Gasteiger partial charge in [-0.15, -0.1) is 0 Å². The van der Waals surface area contributed by atoms with E-state index in [-0.39, 0.29) is 16.9 Å². The molecule has 25 heavy (non-hydrogen) atoms. The summed E-state index contributed by atoms with van der Waals surface area (Å²) in [6, 6.07) is 8.48. The van der Waals surface area contributed by atoms with Gasteiger partial charge in [0, 0.05) is 18.3 Å². The number of methoxy groups -OCH3 is 1. The molecule has 1 aliphatic rings. The smallest absolute Gasteiger partial charge is 0.240 e. The van der Waals surface area contributed by atoms with Crippen LogP contribution in [-0.4, -0.2) is 39.8 Å². The number of hydrogen-bond donors (Lipinski definition) is 1. The number of hydrogen-bond acceptors (Lipinski definition) is 5. The van der Waals surface area contributed by atoms with E-state index in [9.17, 15) is 8.42 Å². The minimum Gasteiger partial charge on any atom is -0.496 e. The second kappa shape index (κ2) is 7.51. The molecular weight excluding hydrogens is 340 g/mol. The Hall–Kier alpha value is -1.96. The molecule has 1 aromatic carbocycles. The monoisotopic (exact) mass is 362 g/mol. The highest BCUT2D eigenvalue weighted by molar-refractivity contribution is 7.89. The van der Waals surface area contributed by atoms with E-state index in [0.717, 1.165) is 17.5 Å². The van der Waals surface area contributed by atoms with Crippen LogP contribution in [-0.2, 0) is 21.2 Å². The van der Waals surface area contributed by atoms with E-state index in [4.69, 9.17) is 9.47 Å². The molecule has 1 saturated heterocycles. The van der Waals surface area contributed by atoms with Crippen molar-refractivity contribution in [2.24, 2.45) is 5.92 Å². The molecule has 3 rings (SSSR count). The fourth-order valence-corrected chi connectivity index (χ4v) is 4.41. The minimum absolute atomic E-state index is 0.0940. The third kappa shape index (κ3) is 4.18. The standard InChI is InChI=1S/C18H22N2O4S/c1-13-9-16(3-4-18(13)23-2)25(21,22)20-17-12-24-11-15(17)10-14-5-7-19-8-6-14/h3-9,15,17,20H,10-12H2,1-2H3/t15-,17+/m1/s1. The first-order valence-electron chi connectivity index (χ1n) is 8.13. The zero-order valence-electron chi connectivity index (χ0n) is 14.3. The van der Waals surface area contributed by atoms with Gasteiger partial charge in [-0.25, -0.2) is 13.1 Å². The van der Waals surface area contributed by atoms with Crippen LogP contribution in [0.5, 0.6) is 5.75 Å². The number of aromatic nitrogens is 1. The summed E-state index contributed by atoms with van der Waals surface area (Å²) in [5, 5.41) is 0. The molecule has 1 aromatic heterocycles. The molecule has 0 unspecified atom stereocenters. The van der Waals surface area contributed by atoms with Crippen molar-refractivity contribution < 1.29 is 17.9 Å². The highest BCUT2D eigenvalue weighted by atomic mass is 32.2. The van der Waals surface area contributed by atoms with Crippen molar-refractivity contribution in [3.63, 3.8) is 0 Å². The minimum atomic E-state index is -3.61. The maximum Gasteiger partial charge on any atom is 0.240 e. The molecule has 6 nitrogen and oxygen atoms in total. The quantitative estimate of drug-likeness (QED) is 0.850. The van der Waals surface area contributed by atoms with Crippen LogP contribution in [0.15, 0.2) is 47.6 Å². The van der Waals surface area contributed by atoms with E-state index < -0.39 is 10.0 Å². The van der Waals surface area contributed by atoms with Crippen LogP contribution in [0, 0.1) is 12.8 Å². The predicted octanol–water partition coefficient (Wildman–Crippen LogP) is 1.93. The van der Waals surface area contributed by atoms with E-state index in [1.807, 2.05) is 19.1 Å². The number of benzene rings is 1. The molecule has 0 bridgehead atoms. The Bertz CT molecular complexity index is 824. The molecule has 7 heteroatoms. The van der Waals surface area contributed by atoms with E-state index >= 15 is 0 Å². The maximum atomic E-state index is 12.7. The SMILES string of the molecule is COc1ccc(S(=O)(=O)N[C@H]2COC[C@H]2Cc2ccncc2)cc1C. The predicted molar refractivity (Wildman–Crippen MR) is 94.1 cm³/mol. The Labute approximate surface area is 148 Å². The Kier molecular flexibility index (Phi) is 5.36. The third-order valence-electron chi connectivity index (χ3n) is 4.43. The van der Waals surface area contributed by atoms with Crippen LogP contribution in [0.2, 0.25) is 0 Å². The molecule has 2 atom stereocenters. The second-order valence-corrected chi connectivity index (χ2v) is 7.93. The van der Waals surface area contributed by atoms with E-state index in [0.29, 0.717) is 19.0 Å². The number of aryl methyl sites for hydroxylation is 1. The van der Waals surface area contributed by atoms with Gasteiger partial charge in [0.05, 0.1) is 31.3 Å². The Morgan fingerprint density at radius 1 is 1.24 bits per heavy atom. The molecule has 1 N–H and O–H groups in total. The van der Waals surface area contributed by atoms with Crippen molar-refractivity contribution in [3.8, 4) is 5.75 Å². The molecule has 2 aromatic rings. The van der Waals surface area contributed by atoms with Crippen LogP contribution in [0.3, 0.4) is 0 Å². The maximum absolute atomic E-state index is 12.7. The van der Waals surface area contributed by atoms with Gasteiger partial charge in [0.2, 0.25) is 10.0 Å². The van der Waals surface area contributed by atoms with Gasteiger partial charge in [-0.2, -0.15) is 0 Å². The Balaban J connectivity index is 1.74. The summed E-state index contributed by atoms with van der Waals surface area (Å²) in [6.45, 7) is 2.74. The summed E-state index contributed by atoms with van der Waals surface area (Å²) in [4.78, 5) is 4.24. The molecule has 0 radical (unpaired) electrons. The Morgan fingerprint density at radius 3 is 2.68 bits per heavy atom. The van der Waals surface area contributed by atoms with Gasteiger partial charge in [0.15, 0.2) is 0 Å². The summed E-state index contributed by atoms with van der Waals surface area (Å²) in [6.07, 6.45) is 4.23. The van der Waals surface area contributed by atoms with E-state index in [1.54, 1.807) is 37.7 Å². The van der Waals surface area contributed by atoms with Crippen molar-refractivity contribution in [2.45, 2.75) is 24.3 Å². The summed E-state index contributed by atoms with van der Waals surface area (Å²) in [7, 11) is -2.05. The molecule has 2 heterocycles. The van der Waals surface area contributed by atoms with Crippen LogP contribution >= 0.6 is 0 Å². The van der Waals surface area contributed by atoms with Gasteiger partial charge < -0.3 is 9.47 Å². The normalized spacial score (nSPS) is 20.6. The van der Waals surface area contributed by atoms with E-state index in [2.05, 4.69) is 9.71 Å². The number of nitrogens with one attached hydrogen (secondary N) is 1. The molecule has 1 fully saturated rings. The van der Waals surface area contributed by atoms with Gasteiger partial charge >= 0.3 is 0 Å². The van der Waals surface area contributed by atoms with E-state index in [1.165, 1.54) is 0 Å². The van der Waals surface area contributed by atoms with Gasteiger partial charge in [-0.1, -0.05) is 0 Å². The lowest BCUT2D eigenvalue weighted by Gasteiger charge is -2.19. The number of pyridine rings is 1. The molecule has 0 saturated carbocycles. The number of rotatable bonds is 6. The average molecular weight is 362 g/mol. The summed E-state index contributed by atoms with van der Waals surface area (Å²) in [5.74, 6) is 0.759. The first-order valence-corrected chi connectivity index (χ1v) is 9.61. The lowest BCUT2D eigenvalue weighted by molar-refractivity contribution is 0.183. The molecule has 0 spiro atoms. The molecule has 0 amide bonds. The molecule has 1 aliphatic heterocycles. The fourth-order valence-electron chi connectivity index (χ4n) is 3.04. The second-order valence-electron chi connectivity index (χ2n) is 6.22. The van der Waals surface area contributed by atoms with Crippen LogP contribution in [0.4, 0.5) is 0 Å². The lowest BCUT2D eigenvalue weighted by atomic mass is 9.96. The zero-order valence-corrected chi connectivity index (χ0v) is 15.1. The first kappa shape index (κ1) is 17.8. The Morgan fingerprint density at radius 2 is 2.00 bits per heavy atom.